The highest BCUT2D eigenvalue weighted by Crippen LogP contribution is 2.37. The molecule has 1 aliphatic rings. The predicted octanol–water partition coefficient (Wildman–Crippen LogP) is 6.24. The molecule has 0 aromatic heterocycles. The molecule has 1 unspecified atom stereocenters. The van der Waals surface area contributed by atoms with Crippen LogP contribution < -0.4 is 4.31 Å². The van der Waals surface area contributed by atoms with Crippen molar-refractivity contribution in [3.05, 3.63) is 93.8 Å². The molecule has 0 N–H and O–H groups in total. The number of fused-ring (bicyclic) bond motifs is 1. The summed E-state index contributed by atoms with van der Waals surface area (Å²) in [5.41, 5.74) is 4.41. The van der Waals surface area contributed by atoms with E-state index < -0.39 is 10.0 Å². The molecule has 6 heteroatoms. The Morgan fingerprint density at radius 1 is 1.00 bits per heavy atom. The van der Waals surface area contributed by atoms with E-state index in [-0.39, 0.29) is 16.8 Å². The second-order valence-corrected chi connectivity index (χ2v) is 10.5. The number of aryl methyl sites for hydroxylation is 4. The summed E-state index contributed by atoms with van der Waals surface area (Å²) in [6.45, 7) is 3.94. The number of anilines is 1. The smallest absolute Gasteiger partial charge is 0.263 e. The molecule has 1 atom stereocenters. The Morgan fingerprint density at radius 2 is 1.71 bits per heavy atom. The first-order valence-corrected chi connectivity index (χ1v) is 12.2. The van der Waals surface area contributed by atoms with Gasteiger partial charge in [0.1, 0.15) is 5.82 Å². The van der Waals surface area contributed by atoms with Crippen molar-refractivity contribution >= 4 is 27.3 Å². The van der Waals surface area contributed by atoms with Crippen LogP contribution in [0.1, 0.15) is 35.1 Å². The van der Waals surface area contributed by atoms with Crippen LogP contribution in [0.4, 0.5) is 10.1 Å². The maximum Gasteiger partial charge on any atom is 0.264 e. The van der Waals surface area contributed by atoms with E-state index in [2.05, 4.69) is 6.07 Å². The zero-order valence-electron chi connectivity index (χ0n) is 17.6. The fourth-order valence-electron chi connectivity index (χ4n) is 4.22. The van der Waals surface area contributed by atoms with Crippen LogP contribution in [0.15, 0.2) is 65.6 Å². The number of sulfonamides is 1. The molecular formula is C25H25ClFNO2S. The number of nitrogens with zero attached hydrogens (tertiary/aromatic N) is 1. The van der Waals surface area contributed by atoms with E-state index in [0.29, 0.717) is 29.8 Å². The van der Waals surface area contributed by atoms with Crippen LogP contribution in [0.3, 0.4) is 0 Å². The summed E-state index contributed by atoms with van der Waals surface area (Å²) >= 11 is 5.87. The highest BCUT2D eigenvalue weighted by Gasteiger charge is 2.36. The lowest BCUT2D eigenvalue weighted by Gasteiger charge is -2.38. The van der Waals surface area contributed by atoms with Gasteiger partial charge in [-0.05, 0) is 81.0 Å². The zero-order chi connectivity index (χ0) is 22.2. The second kappa shape index (κ2) is 8.64. The Balaban J connectivity index is 1.71. The summed E-state index contributed by atoms with van der Waals surface area (Å²) in [5, 5.41) is 0.354. The van der Waals surface area contributed by atoms with Crippen LogP contribution in [0, 0.1) is 19.7 Å². The maximum absolute atomic E-state index is 14.3. The Morgan fingerprint density at radius 3 is 2.42 bits per heavy atom. The summed E-state index contributed by atoms with van der Waals surface area (Å²) in [5.74, 6) is -0.354. The number of rotatable bonds is 5. The van der Waals surface area contributed by atoms with Gasteiger partial charge in [0.25, 0.3) is 10.0 Å². The third-order valence-corrected chi connectivity index (χ3v) is 8.01. The number of hydrogen-bond acceptors (Lipinski definition) is 2. The van der Waals surface area contributed by atoms with Crippen LogP contribution in [-0.2, 0) is 22.9 Å². The molecular weight excluding hydrogens is 433 g/mol. The Kier molecular flexibility index (Phi) is 6.09. The quantitative estimate of drug-likeness (QED) is 0.454. The summed E-state index contributed by atoms with van der Waals surface area (Å²) in [6, 6.07) is 17.2. The SMILES string of the molecule is Cc1ccc(S(=O)(=O)N2c3ccc(C)cc3CCC2CCc2ccc(Cl)cc2F)cc1. The van der Waals surface area contributed by atoms with Crippen molar-refractivity contribution in [3.63, 3.8) is 0 Å². The Bertz CT molecular complexity index is 1210. The number of benzene rings is 3. The van der Waals surface area contributed by atoms with E-state index in [1.54, 1.807) is 28.6 Å². The first-order chi connectivity index (χ1) is 14.8. The van der Waals surface area contributed by atoms with E-state index in [1.165, 1.54) is 6.07 Å². The van der Waals surface area contributed by atoms with Gasteiger partial charge < -0.3 is 0 Å². The minimum absolute atomic E-state index is 0.253. The number of hydrogen-bond donors (Lipinski definition) is 0. The number of halogens is 2. The van der Waals surface area contributed by atoms with Gasteiger partial charge >= 0.3 is 0 Å². The topological polar surface area (TPSA) is 37.4 Å². The lowest BCUT2D eigenvalue weighted by atomic mass is 9.93. The average Bonchev–Trinajstić information content (AvgIpc) is 2.73. The van der Waals surface area contributed by atoms with E-state index in [4.69, 9.17) is 11.6 Å². The molecule has 0 aliphatic carbocycles. The van der Waals surface area contributed by atoms with Gasteiger partial charge in [-0.1, -0.05) is 53.1 Å². The van der Waals surface area contributed by atoms with Gasteiger partial charge in [-0.2, -0.15) is 0 Å². The monoisotopic (exact) mass is 457 g/mol. The molecule has 3 aromatic carbocycles. The molecule has 4 rings (SSSR count). The van der Waals surface area contributed by atoms with Crippen molar-refractivity contribution in [1.82, 2.24) is 0 Å². The van der Waals surface area contributed by atoms with Crippen molar-refractivity contribution in [2.75, 3.05) is 4.31 Å². The van der Waals surface area contributed by atoms with Crippen molar-refractivity contribution < 1.29 is 12.8 Å². The second-order valence-electron chi connectivity index (χ2n) is 8.21. The summed E-state index contributed by atoms with van der Waals surface area (Å²) in [4.78, 5) is 0.272. The van der Waals surface area contributed by atoms with Gasteiger partial charge in [0.05, 0.1) is 10.6 Å². The van der Waals surface area contributed by atoms with Gasteiger partial charge in [-0.15, -0.1) is 0 Å². The standard InChI is InChI=1S/C25H25ClFNO2S/c1-17-3-12-23(13-4-17)31(29,30)28-22(10-7-19-6-9-21(26)16-24(19)27)11-8-20-15-18(2)5-14-25(20)28/h3-6,9,12-16,22H,7-8,10-11H2,1-2H3. The first-order valence-electron chi connectivity index (χ1n) is 10.4. The normalized spacial score (nSPS) is 16.3. The predicted molar refractivity (Wildman–Crippen MR) is 124 cm³/mol. The third-order valence-electron chi connectivity index (χ3n) is 5.89. The molecule has 0 spiro atoms. The van der Waals surface area contributed by atoms with Crippen LogP contribution in [-0.4, -0.2) is 14.5 Å². The lowest BCUT2D eigenvalue weighted by Crippen LogP contribution is -2.44. The zero-order valence-corrected chi connectivity index (χ0v) is 19.2. The minimum atomic E-state index is -3.76. The molecule has 1 aliphatic heterocycles. The molecule has 3 aromatic rings. The molecule has 0 bridgehead atoms. The lowest BCUT2D eigenvalue weighted by molar-refractivity contribution is 0.517. The van der Waals surface area contributed by atoms with Gasteiger partial charge in [0, 0.05) is 11.1 Å². The third kappa shape index (κ3) is 4.48. The fraction of sp³-hybridized carbons (Fsp3) is 0.280. The summed E-state index contributed by atoms with van der Waals surface area (Å²) in [7, 11) is -3.76. The van der Waals surface area contributed by atoms with Gasteiger partial charge in [-0.25, -0.2) is 12.8 Å². The molecule has 31 heavy (non-hydrogen) atoms. The van der Waals surface area contributed by atoms with E-state index in [9.17, 15) is 12.8 Å². The molecule has 3 nitrogen and oxygen atoms in total. The fourth-order valence-corrected chi connectivity index (χ4v) is 6.13. The highest BCUT2D eigenvalue weighted by atomic mass is 35.5. The van der Waals surface area contributed by atoms with E-state index >= 15 is 0 Å². The molecule has 0 amide bonds. The Labute approximate surface area is 188 Å². The molecule has 1 heterocycles. The van der Waals surface area contributed by atoms with Crippen molar-refractivity contribution in [2.45, 2.75) is 50.5 Å². The van der Waals surface area contributed by atoms with Crippen molar-refractivity contribution in [2.24, 2.45) is 0 Å². The van der Waals surface area contributed by atoms with Crippen LogP contribution in [0.25, 0.3) is 0 Å². The van der Waals surface area contributed by atoms with Crippen molar-refractivity contribution in [1.29, 1.82) is 0 Å². The Hall–Kier alpha value is -2.37. The largest absolute Gasteiger partial charge is 0.264 e. The van der Waals surface area contributed by atoms with Crippen molar-refractivity contribution in [3.8, 4) is 0 Å². The average molecular weight is 458 g/mol. The van der Waals surface area contributed by atoms with E-state index in [1.807, 2.05) is 38.1 Å². The molecule has 0 saturated carbocycles. The van der Waals surface area contributed by atoms with Gasteiger partial charge in [0.15, 0.2) is 0 Å². The molecule has 0 fully saturated rings. The maximum atomic E-state index is 14.3. The van der Waals surface area contributed by atoms with E-state index in [0.717, 1.165) is 28.8 Å². The van der Waals surface area contributed by atoms with Crippen LogP contribution >= 0.6 is 11.6 Å². The van der Waals surface area contributed by atoms with Gasteiger partial charge in [0.2, 0.25) is 0 Å². The summed E-state index contributed by atoms with van der Waals surface area (Å²) < 4.78 is 43.3. The molecule has 0 radical (unpaired) electrons. The molecule has 162 valence electrons. The highest BCUT2D eigenvalue weighted by molar-refractivity contribution is 7.92. The minimum Gasteiger partial charge on any atom is -0.263 e. The van der Waals surface area contributed by atoms with Crippen LogP contribution in [0.5, 0.6) is 0 Å². The first kappa shape index (κ1) is 21.8. The van der Waals surface area contributed by atoms with Gasteiger partial charge in [-0.3, -0.25) is 4.31 Å². The van der Waals surface area contributed by atoms with Crippen LogP contribution in [0.2, 0.25) is 5.02 Å². The molecule has 0 saturated heterocycles. The summed E-state index contributed by atoms with van der Waals surface area (Å²) in [6.07, 6.45) is 2.45.